The number of aromatic amines is 1. The number of aliphatic hydroxyl groups excluding tert-OH is 1. The van der Waals surface area contributed by atoms with Crippen LogP contribution in [-0.4, -0.2) is 56.3 Å². The molecule has 0 bridgehead atoms. The smallest absolute Gasteiger partial charge is 0.329 e. The number of anilines is 1. The van der Waals surface area contributed by atoms with E-state index in [1.54, 1.807) is 13.2 Å². The molecule has 0 fully saturated rings. The van der Waals surface area contributed by atoms with Crippen molar-refractivity contribution >= 4 is 39.3 Å². The average molecular weight is 509 g/mol. The quantitative estimate of drug-likeness (QED) is 0.293. The molecule has 12 heteroatoms. The molecule has 1 aromatic carbocycles. The molecule has 3 N–H and O–H groups in total. The highest BCUT2D eigenvalue weighted by molar-refractivity contribution is 9.10. The van der Waals surface area contributed by atoms with Crippen LogP contribution in [0.5, 0.6) is 5.75 Å². The minimum absolute atomic E-state index is 0.00254. The number of hydrazone groups is 1. The van der Waals surface area contributed by atoms with Crippen LogP contribution in [0, 0.1) is 0 Å². The first-order valence-electron chi connectivity index (χ1n) is 9.83. The summed E-state index contributed by atoms with van der Waals surface area (Å²) < 4.78 is 14.3. The molecule has 3 aromatic rings. The molecule has 0 aliphatic heterocycles. The zero-order valence-electron chi connectivity index (χ0n) is 18.1. The third kappa shape index (κ3) is 5.26. The topological polar surface area (TPSA) is 136 Å². The monoisotopic (exact) mass is 508 g/mol. The van der Waals surface area contributed by atoms with Crippen molar-refractivity contribution in [3.05, 3.63) is 49.1 Å². The largest absolute Gasteiger partial charge is 0.496 e. The number of ether oxygens (including phenoxy) is 2. The number of nitrogens with zero attached hydrogens (tertiary/aromatic N) is 4. The summed E-state index contributed by atoms with van der Waals surface area (Å²) in [5, 5.41) is 14.6. The lowest BCUT2D eigenvalue weighted by molar-refractivity contribution is -0.000105. The van der Waals surface area contributed by atoms with E-state index in [2.05, 4.69) is 36.4 Å². The predicted molar refractivity (Wildman–Crippen MR) is 125 cm³/mol. The number of aromatic nitrogens is 4. The van der Waals surface area contributed by atoms with E-state index in [4.69, 9.17) is 9.47 Å². The van der Waals surface area contributed by atoms with Gasteiger partial charge in [0.15, 0.2) is 11.2 Å². The van der Waals surface area contributed by atoms with Gasteiger partial charge in [-0.2, -0.15) is 10.1 Å². The summed E-state index contributed by atoms with van der Waals surface area (Å²) in [5.41, 5.74) is 2.59. The summed E-state index contributed by atoms with van der Waals surface area (Å²) >= 11 is 3.41. The Balaban J connectivity index is 1.99. The van der Waals surface area contributed by atoms with Gasteiger partial charge in [0.25, 0.3) is 5.56 Å². The normalized spacial score (nSPS) is 12.7. The average Bonchev–Trinajstić information content (AvgIpc) is 3.09. The van der Waals surface area contributed by atoms with E-state index < -0.39 is 17.4 Å². The maximum Gasteiger partial charge on any atom is 0.329 e. The zero-order valence-corrected chi connectivity index (χ0v) is 19.7. The number of rotatable bonds is 9. The highest BCUT2D eigenvalue weighted by atomic mass is 79.9. The summed E-state index contributed by atoms with van der Waals surface area (Å²) in [6, 6.07) is 5.46. The number of benzene rings is 1. The van der Waals surface area contributed by atoms with Gasteiger partial charge >= 0.3 is 5.69 Å². The Morgan fingerprint density at radius 2 is 2.12 bits per heavy atom. The highest BCUT2D eigenvalue weighted by Crippen LogP contribution is 2.22. The van der Waals surface area contributed by atoms with Crippen LogP contribution in [0.3, 0.4) is 0 Å². The molecule has 1 atom stereocenters. The Hall–Kier alpha value is -2.96. The predicted octanol–water partition coefficient (Wildman–Crippen LogP) is 1.43. The number of H-pyrrole nitrogens is 1. The van der Waals surface area contributed by atoms with E-state index in [0.29, 0.717) is 11.3 Å². The van der Waals surface area contributed by atoms with Gasteiger partial charge in [0.1, 0.15) is 5.75 Å². The van der Waals surface area contributed by atoms with Crippen molar-refractivity contribution in [1.29, 1.82) is 0 Å². The molecule has 0 unspecified atom stereocenters. The number of methoxy groups -OCH3 is 1. The first-order valence-corrected chi connectivity index (χ1v) is 10.6. The van der Waals surface area contributed by atoms with E-state index in [9.17, 15) is 14.7 Å². The van der Waals surface area contributed by atoms with Gasteiger partial charge in [-0.05, 0) is 32.0 Å². The van der Waals surface area contributed by atoms with Gasteiger partial charge in [0.05, 0.1) is 38.7 Å². The lowest BCUT2D eigenvalue weighted by Gasteiger charge is -2.15. The van der Waals surface area contributed by atoms with Crippen molar-refractivity contribution in [3.63, 3.8) is 0 Å². The van der Waals surface area contributed by atoms with Gasteiger partial charge in [-0.25, -0.2) is 10.2 Å². The second-order valence-corrected chi connectivity index (χ2v) is 8.24. The van der Waals surface area contributed by atoms with E-state index in [1.165, 1.54) is 22.4 Å². The molecule has 0 radical (unpaired) electrons. The number of hydrogen-bond donors (Lipinski definition) is 3. The molecule has 0 spiro atoms. The number of fused-ring (bicyclic) bond motifs is 1. The molecule has 0 aliphatic carbocycles. The number of halogens is 1. The van der Waals surface area contributed by atoms with E-state index in [1.807, 2.05) is 26.0 Å². The van der Waals surface area contributed by atoms with Crippen molar-refractivity contribution in [2.75, 3.05) is 19.1 Å². The highest BCUT2D eigenvalue weighted by Gasteiger charge is 2.20. The standard InChI is InChI=1S/C20H25BrN6O5/c1-11(2)32-10-14(28)9-27-16-17(26(3)20(30)24-18(16)29)23-19(27)25-22-8-12-7-13(21)5-6-15(12)31-4/h5-8,11,14,28H,9-10H2,1-4H3,(H,23,25)(H,24,29,30)/b22-8-/t14-/m1/s1. The van der Waals surface area contributed by atoms with Crippen molar-refractivity contribution in [2.24, 2.45) is 12.1 Å². The second-order valence-electron chi connectivity index (χ2n) is 7.33. The van der Waals surface area contributed by atoms with Crippen LogP contribution in [0.1, 0.15) is 19.4 Å². The Bertz CT molecular complexity index is 1250. The Morgan fingerprint density at radius 1 is 1.38 bits per heavy atom. The summed E-state index contributed by atoms with van der Waals surface area (Å²) in [7, 11) is 3.05. The van der Waals surface area contributed by atoms with Crippen LogP contribution >= 0.6 is 15.9 Å². The minimum atomic E-state index is -0.916. The third-order valence-electron chi connectivity index (χ3n) is 4.58. The Morgan fingerprint density at radius 3 is 2.81 bits per heavy atom. The number of nitrogens with one attached hydrogen (secondary N) is 2. The lowest BCUT2D eigenvalue weighted by atomic mass is 10.2. The third-order valence-corrected chi connectivity index (χ3v) is 5.08. The van der Waals surface area contributed by atoms with Crippen LogP contribution in [0.2, 0.25) is 0 Å². The minimum Gasteiger partial charge on any atom is -0.496 e. The first-order chi connectivity index (χ1) is 15.2. The van der Waals surface area contributed by atoms with Crippen LogP contribution in [0.25, 0.3) is 11.2 Å². The van der Waals surface area contributed by atoms with Crippen molar-refractivity contribution < 1.29 is 14.6 Å². The van der Waals surface area contributed by atoms with E-state index in [-0.39, 0.29) is 36.4 Å². The molecule has 2 aromatic heterocycles. The molecule has 32 heavy (non-hydrogen) atoms. The van der Waals surface area contributed by atoms with Gasteiger partial charge in [-0.15, -0.1) is 0 Å². The summed E-state index contributed by atoms with van der Waals surface area (Å²) in [5.74, 6) is 0.799. The van der Waals surface area contributed by atoms with Gasteiger partial charge < -0.3 is 19.1 Å². The first kappa shape index (κ1) is 23.7. The van der Waals surface area contributed by atoms with Crippen LogP contribution in [-0.2, 0) is 18.3 Å². The fourth-order valence-corrected chi connectivity index (χ4v) is 3.41. The second kappa shape index (κ2) is 10.1. The number of aliphatic hydroxyl groups is 1. The summed E-state index contributed by atoms with van der Waals surface area (Å²) in [6.07, 6.45) is 0.561. The Labute approximate surface area is 191 Å². The van der Waals surface area contributed by atoms with Gasteiger partial charge in [-0.1, -0.05) is 15.9 Å². The molecule has 0 amide bonds. The maximum absolute atomic E-state index is 12.5. The SMILES string of the molecule is COc1ccc(Br)cc1/C=N\Nc1nc2c(c(=O)[nH]c(=O)n2C)n1C[C@@H](O)COC(C)C. The summed E-state index contributed by atoms with van der Waals surface area (Å²) in [6.45, 7) is 3.79. The van der Waals surface area contributed by atoms with Gasteiger partial charge in [-0.3, -0.25) is 14.3 Å². The molecule has 172 valence electrons. The van der Waals surface area contributed by atoms with Crippen molar-refractivity contribution in [2.45, 2.75) is 32.6 Å². The molecular formula is C20H25BrN6O5. The molecule has 11 nitrogen and oxygen atoms in total. The van der Waals surface area contributed by atoms with Gasteiger partial charge in [0, 0.05) is 17.1 Å². The number of imidazole rings is 1. The molecule has 0 saturated carbocycles. The molecule has 3 rings (SSSR count). The summed E-state index contributed by atoms with van der Waals surface area (Å²) in [4.78, 5) is 31.1. The fraction of sp³-hybridized carbons (Fsp3) is 0.400. The van der Waals surface area contributed by atoms with E-state index in [0.717, 1.165) is 4.47 Å². The van der Waals surface area contributed by atoms with Crippen LogP contribution in [0.15, 0.2) is 37.4 Å². The van der Waals surface area contributed by atoms with E-state index >= 15 is 0 Å². The van der Waals surface area contributed by atoms with Crippen molar-refractivity contribution in [1.82, 2.24) is 19.1 Å². The van der Waals surface area contributed by atoms with Crippen LogP contribution < -0.4 is 21.4 Å². The molecular weight excluding hydrogens is 484 g/mol. The van der Waals surface area contributed by atoms with Gasteiger partial charge in [0.2, 0.25) is 5.95 Å². The fourth-order valence-electron chi connectivity index (χ4n) is 3.03. The molecule has 0 saturated heterocycles. The molecule has 2 heterocycles. The maximum atomic E-state index is 12.5. The number of aryl methyl sites for hydroxylation is 1. The van der Waals surface area contributed by atoms with Crippen molar-refractivity contribution in [3.8, 4) is 5.75 Å². The number of hydrogen-bond acceptors (Lipinski definition) is 8. The zero-order chi connectivity index (χ0) is 23.4. The lowest BCUT2D eigenvalue weighted by Crippen LogP contribution is -2.30. The Kier molecular flexibility index (Phi) is 7.48. The van der Waals surface area contributed by atoms with Crippen LogP contribution in [0.4, 0.5) is 5.95 Å². The molecule has 0 aliphatic rings.